The molecule has 2 aromatic heterocycles. The van der Waals surface area contributed by atoms with Crippen molar-refractivity contribution in [3.05, 3.63) is 28.7 Å². The molecule has 0 spiro atoms. The Morgan fingerprint density at radius 3 is 2.62 bits per heavy atom. The molecule has 3 fully saturated rings. The van der Waals surface area contributed by atoms with Gasteiger partial charge in [0.1, 0.15) is 0 Å². The lowest BCUT2D eigenvalue weighted by Crippen LogP contribution is -2.39. The van der Waals surface area contributed by atoms with Gasteiger partial charge in [-0.05, 0) is 63.9 Å². The van der Waals surface area contributed by atoms with E-state index in [-0.39, 0.29) is 17.7 Å². The van der Waals surface area contributed by atoms with Crippen LogP contribution in [0.5, 0.6) is 0 Å². The Hall–Kier alpha value is -2.44. The van der Waals surface area contributed by atoms with Crippen molar-refractivity contribution in [3.63, 3.8) is 0 Å². The summed E-state index contributed by atoms with van der Waals surface area (Å²) in [5, 5.41) is 4.90. The molecule has 2 saturated heterocycles. The highest BCUT2D eigenvalue weighted by molar-refractivity contribution is 5.81. The average molecular weight is 438 g/mol. The number of rotatable bonds is 5. The molecule has 2 amide bonds. The van der Waals surface area contributed by atoms with E-state index in [0.717, 1.165) is 80.2 Å². The van der Waals surface area contributed by atoms with Gasteiger partial charge in [-0.3, -0.25) is 9.59 Å². The minimum atomic E-state index is 0.253. The number of aryl methyl sites for hydroxylation is 2. The van der Waals surface area contributed by atoms with E-state index in [1.807, 2.05) is 21.2 Å². The molecule has 0 radical (unpaired) electrons. The fourth-order valence-corrected chi connectivity index (χ4v) is 5.50. The van der Waals surface area contributed by atoms with Gasteiger partial charge in [0.25, 0.3) is 0 Å². The third kappa shape index (κ3) is 4.14. The van der Waals surface area contributed by atoms with Crippen LogP contribution in [0.2, 0.25) is 0 Å². The van der Waals surface area contributed by atoms with E-state index in [4.69, 9.17) is 10.1 Å². The topological polar surface area (TPSA) is 70.8 Å². The van der Waals surface area contributed by atoms with Crippen LogP contribution >= 0.6 is 0 Å². The van der Waals surface area contributed by atoms with Crippen molar-refractivity contribution in [1.29, 1.82) is 0 Å². The number of amides is 2. The van der Waals surface area contributed by atoms with Crippen LogP contribution in [0.1, 0.15) is 74.0 Å². The summed E-state index contributed by atoms with van der Waals surface area (Å²) in [5.41, 5.74) is 5.08. The van der Waals surface area contributed by atoms with Gasteiger partial charge in [-0.2, -0.15) is 5.10 Å². The zero-order valence-electron chi connectivity index (χ0n) is 19.6. The quantitative estimate of drug-likeness (QED) is 0.720. The summed E-state index contributed by atoms with van der Waals surface area (Å²) in [6.45, 7) is 9.73. The second kappa shape index (κ2) is 8.49. The van der Waals surface area contributed by atoms with E-state index in [1.165, 1.54) is 6.42 Å². The monoisotopic (exact) mass is 437 g/mol. The van der Waals surface area contributed by atoms with E-state index in [9.17, 15) is 9.59 Å². The van der Waals surface area contributed by atoms with E-state index in [0.29, 0.717) is 24.7 Å². The van der Waals surface area contributed by atoms with Crippen molar-refractivity contribution in [3.8, 4) is 0 Å². The highest BCUT2D eigenvalue weighted by Crippen LogP contribution is 2.35. The van der Waals surface area contributed by atoms with Crippen LogP contribution in [0.3, 0.4) is 0 Å². The first-order valence-corrected chi connectivity index (χ1v) is 12.3. The highest BCUT2D eigenvalue weighted by atomic mass is 16.2. The molecule has 2 aliphatic heterocycles. The predicted molar refractivity (Wildman–Crippen MR) is 122 cm³/mol. The Morgan fingerprint density at radius 1 is 1.06 bits per heavy atom. The molecule has 2 atom stereocenters. The molecule has 7 heteroatoms. The summed E-state index contributed by atoms with van der Waals surface area (Å²) < 4.78 is 1.94. The molecule has 172 valence electrons. The average Bonchev–Trinajstić information content (AvgIpc) is 3.34. The fourth-order valence-electron chi connectivity index (χ4n) is 5.50. The molecule has 1 aliphatic carbocycles. The Kier molecular flexibility index (Phi) is 5.68. The van der Waals surface area contributed by atoms with Gasteiger partial charge in [0.2, 0.25) is 11.8 Å². The third-order valence-corrected chi connectivity index (χ3v) is 7.63. The lowest BCUT2D eigenvalue weighted by molar-refractivity contribution is -0.133. The fraction of sp³-hybridized carbons (Fsp3) is 0.680. The van der Waals surface area contributed by atoms with Crippen LogP contribution in [0.15, 0.2) is 6.07 Å². The Labute approximate surface area is 190 Å². The predicted octanol–water partition coefficient (Wildman–Crippen LogP) is 3.26. The first-order valence-electron chi connectivity index (χ1n) is 12.3. The number of fused-ring (bicyclic) bond motifs is 1. The molecule has 2 aromatic rings. The largest absolute Gasteiger partial charge is 0.342 e. The number of hydrogen-bond acceptors (Lipinski definition) is 4. The maximum Gasteiger partial charge on any atom is 0.225 e. The van der Waals surface area contributed by atoms with Gasteiger partial charge in [-0.1, -0.05) is 6.92 Å². The zero-order valence-corrected chi connectivity index (χ0v) is 19.6. The second-order valence-corrected chi connectivity index (χ2v) is 10.2. The molecule has 0 N–H and O–H groups in total. The number of aromatic nitrogens is 3. The van der Waals surface area contributed by atoms with Gasteiger partial charge >= 0.3 is 0 Å². The van der Waals surface area contributed by atoms with Gasteiger partial charge in [-0.25, -0.2) is 9.50 Å². The lowest BCUT2D eigenvalue weighted by Gasteiger charge is -2.31. The summed E-state index contributed by atoms with van der Waals surface area (Å²) >= 11 is 0. The number of carbonyl (C=O) groups excluding carboxylic acids is 2. The first-order chi connectivity index (χ1) is 15.4. The SMILES string of the molecule is Cc1nc2cc([C@H]3CCN(C(=O)C4CC4)C3)nn2c(C)c1CCC(=O)N1CCC[C@H](C)C1. The summed E-state index contributed by atoms with van der Waals surface area (Å²) in [5.74, 6) is 1.74. The first kappa shape index (κ1) is 21.4. The summed E-state index contributed by atoms with van der Waals surface area (Å²) in [6, 6.07) is 2.08. The molecular formula is C25H35N5O2. The Morgan fingerprint density at radius 2 is 1.88 bits per heavy atom. The third-order valence-electron chi connectivity index (χ3n) is 7.63. The number of nitrogens with zero attached hydrogens (tertiary/aromatic N) is 5. The van der Waals surface area contributed by atoms with Gasteiger partial charge < -0.3 is 9.80 Å². The zero-order chi connectivity index (χ0) is 22.4. The molecule has 0 bridgehead atoms. The standard InChI is InChI=1S/C25H35N5O2/c1-16-5-4-11-28(14-16)24(31)9-8-21-17(2)26-23-13-22(27-30(23)18(21)3)20-10-12-29(15-20)25(32)19-6-7-19/h13,16,19-20H,4-12,14-15H2,1-3H3/t16-,20-/m0/s1. The van der Waals surface area contributed by atoms with Crippen molar-refractivity contribution < 1.29 is 9.59 Å². The minimum absolute atomic E-state index is 0.253. The van der Waals surface area contributed by atoms with E-state index >= 15 is 0 Å². The molecule has 0 aromatic carbocycles. The number of piperidine rings is 1. The summed E-state index contributed by atoms with van der Waals surface area (Å²) in [7, 11) is 0. The lowest BCUT2D eigenvalue weighted by atomic mass is 9.99. The molecule has 5 rings (SSSR count). The van der Waals surface area contributed by atoms with Crippen LogP contribution in [-0.2, 0) is 16.0 Å². The van der Waals surface area contributed by atoms with E-state index < -0.39 is 0 Å². The Balaban J connectivity index is 1.30. The van der Waals surface area contributed by atoms with Crippen molar-refractivity contribution in [1.82, 2.24) is 24.4 Å². The van der Waals surface area contributed by atoms with Crippen LogP contribution in [0.4, 0.5) is 0 Å². The van der Waals surface area contributed by atoms with Crippen LogP contribution < -0.4 is 0 Å². The summed E-state index contributed by atoms with van der Waals surface area (Å²) in [4.78, 5) is 34.1. The normalized spacial score (nSPS) is 23.8. The highest BCUT2D eigenvalue weighted by Gasteiger charge is 2.37. The maximum absolute atomic E-state index is 12.8. The van der Waals surface area contributed by atoms with Crippen LogP contribution in [-0.4, -0.2) is 62.4 Å². The van der Waals surface area contributed by atoms with Gasteiger partial charge in [-0.15, -0.1) is 0 Å². The molecule has 3 aliphatic rings. The summed E-state index contributed by atoms with van der Waals surface area (Å²) in [6.07, 6.45) is 6.63. The number of likely N-dealkylation sites (tertiary alicyclic amines) is 2. The smallest absolute Gasteiger partial charge is 0.225 e. The van der Waals surface area contributed by atoms with Crippen molar-refractivity contribution in [2.24, 2.45) is 11.8 Å². The van der Waals surface area contributed by atoms with Crippen LogP contribution in [0.25, 0.3) is 5.65 Å². The van der Waals surface area contributed by atoms with Crippen LogP contribution in [0, 0.1) is 25.7 Å². The van der Waals surface area contributed by atoms with E-state index in [2.05, 4.69) is 19.9 Å². The Bertz CT molecular complexity index is 1040. The number of carbonyl (C=O) groups is 2. The van der Waals surface area contributed by atoms with E-state index in [1.54, 1.807) is 0 Å². The molecule has 4 heterocycles. The van der Waals surface area contributed by atoms with Gasteiger partial charge in [0.05, 0.1) is 5.69 Å². The second-order valence-electron chi connectivity index (χ2n) is 10.2. The van der Waals surface area contributed by atoms with Crippen molar-refractivity contribution in [2.45, 2.75) is 71.6 Å². The maximum atomic E-state index is 12.8. The molecule has 32 heavy (non-hydrogen) atoms. The molecule has 1 saturated carbocycles. The number of hydrogen-bond donors (Lipinski definition) is 0. The van der Waals surface area contributed by atoms with Gasteiger partial charge in [0, 0.05) is 61.9 Å². The van der Waals surface area contributed by atoms with Gasteiger partial charge in [0.15, 0.2) is 5.65 Å². The molecule has 7 nitrogen and oxygen atoms in total. The van der Waals surface area contributed by atoms with Crippen molar-refractivity contribution in [2.75, 3.05) is 26.2 Å². The minimum Gasteiger partial charge on any atom is -0.342 e. The molecular weight excluding hydrogens is 402 g/mol. The molecule has 0 unspecified atom stereocenters. The van der Waals surface area contributed by atoms with Crippen molar-refractivity contribution >= 4 is 17.5 Å².